The molecule has 4 rings (SSSR count). The third-order valence-electron chi connectivity index (χ3n) is 5.06. The molecule has 9 nitrogen and oxygen atoms in total. The monoisotopic (exact) mass is 399 g/mol. The zero-order valence-electron chi connectivity index (χ0n) is 16.4. The summed E-state index contributed by atoms with van der Waals surface area (Å²) in [5, 5.41) is 8.95. The molecule has 0 unspecified atom stereocenters. The van der Waals surface area contributed by atoms with Crippen molar-refractivity contribution in [2.45, 2.75) is 31.2 Å². The number of benzene rings is 1. The van der Waals surface area contributed by atoms with Gasteiger partial charge >= 0.3 is 6.03 Å². The van der Waals surface area contributed by atoms with Gasteiger partial charge in [0.2, 0.25) is 5.95 Å². The van der Waals surface area contributed by atoms with Crippen molar-refractivity contribution in [2.24, 2.45) is 0 Å². The van der Waals surface area contributed by atoms with Crippen LogP contribution in [0.25, 0.3) is 11.3 Å². The third kappa shape index (κ3) is 4.10. The molecule has 9 heteroatoms. The van der Waals surface area contributed by atoms with E-state index in [1.165, 1.54) is 0 Å². The average molecular weight is 399 g/mol. The number of urea groups is 1. The largest absolute Gasteiger partial charge is 0.496 e. The van der Waals surface area contributed by atoms with Crippen LogP contribution in [0.15, 0.2) is 36.5 Å². The van der Waals surface area contributed by atoms with E-state index in [2.05, 4.69) is 25.9 Å². The second-order valence-corrected chi connectivity index (χ2v) is 6.92. The molecule has 29 heavy (non-hydrogen) atoms. The molecule has 1 aromatic carbocycles. The van der Waals surface area contributed by atoms with Crippen LogP contribution in [-0.2, 0) is 9.47 Å². The van der Waals surface area contributed by atoms with E-state index < -0.39 is 0 Å². The normalized spacial score (nSPS) is 25.3. The van der Waals surface area contributed by atoms with E-state index >= 15 is 0 Å². The molecule has 0 saturated carbocycles. The van der Waals surface area contributed by atoms with Crippen molar-refractivity contribution in [1.82, 2.24) is 20.6 Å². The maximum Gasteiger partial charge on any atom is 0.315 e. The number of ether oxygens (including phenoxy) is 3. The molecule has 0 spiro atoms. The molecule has 3 N–H and O–H groups in total. The van der Waals surface area contributed by atoms with Crippen molar-refractivity contribution in [1.29, 1.82) is 0 Å². The zero-order valence-corrected chi connectivity index (χ0v) is 16.4. The number of anilines is 1. The zero-order chi connectivity index (χ0) is 20.2. The summed E-state index contributed by atoms with van der Waals surface area (Å²) in [7, 11) is 1.64. The van der Waals surface area contributed by atoms with Gasteiger partial charge in [-0.3, -0.25) is 0 Å². The highest BCUT2D eigenvalue weighted by atomic mass is 16.6. The second kappa shape index (κ2) is 8.62. The molecule has 0 bridgehead atoms. The molecule has 2 amide bonds. The minimum atomic E-state index is -0.213. The van der Waals surface area contributed by atoms with Crippen molar-refractivity contribution in [3.05, 3.63) is 36.5 Å². The predicted octanol–water partition coefficient (Wildman–Crippen LogP) is 1.42. The number of methoxy groups -OCH3 is 1. The Morgan fingerprint density at radius 1 is 1.17 bits per heavy atom. The van der Waals surface area contributed by atoms with Crippen molar-refractivity contribution in [3.8, 4) is 17.0 Å². The summed E-state index contributed by atoms with van der Waals surface area (Å²) in [6.45, 7) is 3.30. The number of hydrogen-bond acceptors (Lipinski definition) is 7. The summed E-state index contributed by atoms with van der Waals surface area (Å²) in [6, 6.07) is 9.06. The summed E-state index contributed by atoms with van der Waals surface area (Å²) in [6.07, 6.45) is 1.33. The highest BCUT2D eigenvalue weighted by Gasteiger charge is 2.48. The van der Waals surface area contributed by atoms with Crippen LogP contribution in [0.4, 0.5) is 10.7 Å². The fraction of sp³-hybridized carbons (Fsp3) is 0.450. The minimum absolute atomic E-state index is 0.103. The quantitative estimate of drug-likeness (QED) is 0.674. The molecule has 4 atom stereocenters. The summed E-state index contributed by atoms with van der Waals surface area (Å²) < 4.78 is 17.2. The van der Waals surface area contributed by atoms with E-state index in [1.54, 1.807) is 13.3 Å². The number of rotatable bonds is 6. The van der Waals surface area contributed by atoms with Crippen molar-refractivity contribution < 1.29 is 19.0 Å². The van der Waals surface area contributed by atoms with E-state index in [-0.39, 0.29) is 30.3 Å². The maximum absolute atomic E-state index is 11.8. The summed E-state index contributed by atoms with van der Waals surface area (Å²) in [5.74, 6) is 1.24. The lowest BCUT2D eigenvalue weighted by Crippen LogP contribution is -2.48. The summed E-state index contributed by atoms with van der Waals surface area (Å²) in [4.78, 5) is 20.8. The first kappa shape index (κ1) is 19.4. The van der Waals surface area contributed by atoms with Crippen LogP contribution in [0.2, 0.25) is 0 Å². The predicted molar refractivity (Wildman–Crippen MR) is 107 cm³/mol. The number of carbonyl (C=O) groups is 1. The van der Waals surface area contributed by atoms with Gasteiger partial charge in [-0.05, 0) is 25.1 Å². The molecule has 154 valence electrons. The highest BCUT2D eigenvalue weighted by Crippen LogP contribution is 2.30. The molecular formula is C20H25N5O4. The van der Waals surface area contributed by atoms with Crippen LogP contribution in [0.5, 0.6) is 5.75 Å². The Kier molecular flexibility index (Phi) is 5.77. The van der Waals surface area contributed by atoms with E-state index in [0.717, 1.165) is 17.0 Å². The lowest BCUT2D eigenvalue weighted by atomic mass is 10.1. The first-order chi connectivity index (χ1) is 14.2. The Bertz CT molecular complexity index is 864. The van der Waals surface area contributed by atoms with Gasteiger partial charge in [0.05, 0.1) is 38.1 Å². The second-order valence-electron chi connectivity index (χ2n) is 6.92. The van der Waals surface area contributed by atoms with Gasteiger partial charge in [0.1, 0.15) is 18.0 Å². The Balaban J connectivity index is 1.44. The van der Waals surface area contributed by atoms with Gasteiger partial charge < -0.3 is 30.2 Å². The number of hydrogen-bond donors (Lipinski definition) is 3. The molecule has 2 saturated heterocycles. The summed E-state index contributed by atoms with van der Waals surface area (Å²) >= 11 is 0. The number of aromatic nitrogens is 2. The van der Waals surface area contributed by atoms with Crippen molar-refractivity contribution in [3.63, 3.8) is 0 Å². The van der Waals surface area contributed by atoms with E-state index in [1.807, 2.05) is 37.3 Å². The van der Waals surface area contributed by atoms with Gasteiger partial charge in [-0.2, -0.15) is 0 Å². The Labute approximate surface area is 169 Å². The molecule has 0 radical (unpaired) electrons. The number of nitrogens with one attached hydrogen (secondary N) is 3. The smallest absolute Gasteiger partial charge is 0.315 e. The number of para-hydroxylation sites is 1. The lowest BCUT2D eigenvalue weighted by molar-refractivity contribution is 0.0682. The van der Waals surface area contributed by atoms with Crippen LogP contribution in [0, 0.1) is 0 Å². The van der Waals surface area contributed by atoms with Crippen molar-refractivity contribution >= 4 is 12.0 Å². The van der Waals surface area contributed by atoms with E-state index in [0.29, 0.717) is 25.7 Å². The van der Waals surface area contributed by atoms with Crippen LogP contribution < -0.4 is 20.7 Å². The molecule has 2 aliphatic heterocycles. The fourth-order valence-corrected chi connectivity index (χ4v) is 3.73. The van der Waals surface area contributed by atoms with Crippen LogP contribution in [-0.4, -0.2) is 67.2 Å². The van der Waals surface area contributed by atoms with Gasteiger partial charge in [-0.1, -0.05) is 12.1 Å². The molecule has 3 heterocycles. The molecule has 1 aromatic heterocycles. The first-order valence-corrected chi connectivity index (χ1v) is 9.70. The first-order valence-electron chi connectivity index (χ1n) is 9.70. The molecule has 2 aromatic rings. The SMILES string of the molecule is CCNC(=O)N[C@@H]1CO[C@@H]2[C@@H]1OC[C@@H]2Nc1nccc(-c2ccccc2OC)n1. The molecular weight excluding hydrogens is 374 g/mol. The molecule has 0 aliphatic carbocycles. The van der Waals surface area contributed by atoms with Gasteiger partial charge in [-0.25, -0.2) is 14.8 Å². The Morgan fingerprint density at radius 3 is 2.72 bits per heavy atom. The minimum Gasteiger partial charge on any atom is -0.496 e. The number of nitrogens with zero attached hydrogens (tertiary/aromatic N) is 2. The highest BCUT2D eigenvalue weighted by molar-refractivity contribution is 5.74. The Hall–Kier alpha value is -2.91. The van der Waals surface area contributed by atoms with Crippen molar-refractivity contribution in [2.75, 3.05) is 32.2 Å². The van der Waals surface area contributed by atoms with E-state index in [9.17, 15) is 4.79 Å². The Morgan fingerprint density at radius 2 is 1.93 bits per heavy atom. The fourth-order valence-electron chi connectivity index (χ4n) is 3.73. The number of fused-ring (bicyclic) bond motifs is 1. The van der Waals surface area contributed by atoms with Crippen LogP contribution in [0.3, 0.4) is 0 Å². The maximum atomic E-state index is 11.8. The number of carbonyl (C=O) groups excluding carboxylic acids is 1. The standard InChI is InChI=1S/C20H25N5O4/c1-3-21-20(26)25-15-11-29-17-14(10-28-18(15)17)24-19-22-9-8-13(23-19)12-6-4-5-7-16(12)27-2/h4-9,14-15,17-18H,3,10-11H2,1-2H3,(H2,21,25,26)(H,22,23,24)/t14-,15+,17-,18+/m0/s1. The van der Waals surface area contributed by atoms with Gasteiger partial charge in [0, 0.05) is 18.3 Å². The third-order valence-corrected chi connectivity index (χ3v) is 5.06. The van der Waals surface area contributed by atoms with Crippen LogP contribution >= 0.6 is 0 Å². The topological polar surface area (TPSA) is 107 Å². The molecule has 2 fully saturated rings. The van der Waals surface area contributed by atoms with Crippen LogP contribution in [0.1, 0.15) is 6.92 Å². The van der Waals surface area contributed by atoms with E-state index in [4.69, 9.17) is 14.2 Å². The van der Waals surface area contributed by atoms with Gasteiger partial charge in [0.25, 0.3) is 0 Å². The average Bonchev–Trinajstić information content (AvgIpc) is 3.32. The molecule has 2 aliphatic rings. The summed E-state index contributed by atoms with van der Waals surface area (Å²) in [5.41, 5.74) is 1.66. The van der Waals surface area contributed by atoms with Gasteiger partial charge in [0.15, 0.2) is 0 Å². The number of amides is 2. The van der Waals surface area contributed by atoms with Gasteiger partial charge in [-0.15, -0.1) is 0 Å². The lowest BCUT2D eigenvalue weighted by Gasteiger charge is -2.18.